The summed E-state index contributed by atoms with van der Waals surface area (Å²) in [6.45, 7) is 14.0. The van der Waals surface area contributed by atoms with Gasteiger partial charge in [0, 0.05) is 64.5 Å². The second kappa shape index (κ2) is 9.17. The summed E-state index contributed by atoms with van der Waals surface area (Å²) in [6, 6.07) is 5.57. The Morgan fingerprint density at radius 1 is 1.43 bits per heavy atom. The third kappa shape index (κ3) is 4.67. The Bertz CT molecular complexity index is 909. The van der Waals surface area contributed by atoms with Crippen LogP contribution in [0.25, 0.3) is 5.57 Å². The van der Waals surface area contributed by atoms with Crippen LogP contribution in [0.4, 0.5) is 0 Å². The molecule has 1 N–H and O–H groups in total. The standard InChI is InChI=1S/C23H33N5OSi/c1-6-20(19-7-12-28(15-19)23(9-10-24)16-26-17-23)21-8-11-27(22(21)25-2)18-29-13-14-30(3,4)5/h6-8,11-12,15,26H,1,9,13-14,16-18H2,2-5H3. The van der Waals surface area contributed by atoms with Gasteiger partial charge < -0.3 is 19.5 Å². The smallest absolute Gasteiger partial charge is 0.137 e. The molecule has 3 rings (SSSR count). The van der Waals surface area contributed by atoms with Crippen LogP contribution in [0.5, 0.6) is 0 Å². The number of nitrogens with zero attached hydrogens (tertiary/aromatic N) is 4. The Hall–Kier alpha value is -2.40. The molecule has 30 heavy (non-hydrogen) atoms. The molecule has 1 fully saturated rings. The van der Waals surface area contributed by atoms with E-state index in [-0.39, 0.29) is 5.54 Å². The van der Waals surface area contributed by atoms with Gasteiger partial charge >= 0.3 is 0 Å². The van der Waals surface area contributed by atoms with Gasteiger partial charge in [0.25, 0.3) is 0 Å². The Morgan fingerprint density at radius 2 is 2.20 bits per heavy atom. The predicted molar refractivity (Wildman–Crippen MR) is 126 cm³/mol. The molecule has 6 nitrogen and oxygen atoms in total. The summed E-state index contributed by atoms with van der Waals surface area (Å²) in [4.78, 5) is 6.58. The molecule has 0 bridgehead atoms. The van der Waals surface area contributed by atoms with Crippen LogP contribution in [-0.2, 0) is 10.3 Å². The SMILES string of the molecule is C=CC(=C1C=CN(COCC[Si](C)(C)C)C1=NC)c1ccn(C2(CC#N)CNC2)c1. The monoisotopic (exact) mass is 423 g/mol. The average molecular weight is 424 g/mol. The van der Waals surface area contributed by atoms with Gasteiger partial charge in [0.05, 0.1) is 18.0 Å². The minimum absolute atomic E-state index is 0.145. The normalized spacial score (nSPS) is 20.9. The molecule has 0 spiro atoms. The third-order valence-corrected chi connectivity index (χ3v) is 7.44. The Labute approximate surface area is 181 Å². The van der Waals surface area contributed by atoms with Crippen molar-refractivity contribution in [3.8, 4) is 6.07 Å². The first-order valence-corrected chi connectivity index (χ1v) is 14.2. The van der Waals surface area contributed by atoms with Gasteiger partial charge in [0.15, 0.2) is 0 Å². The quantitative estimate of drug-likeness (QED) is 0.484. The summed E-state index contributed by atoms with van der Waals surface area (Å²) in [7, 11) is 0.711. The number of ether oxygens (including phenoxy) is 1. The van der Waals surface area contributed by atoms with Crippen LogP contribution in [0.3, 0.4) is 0 Å². The molecule has 3 heterocycles. The van der Waals surface area contributed by atoms with E-state index in [0.717, 1.165) is 48.3 Å². The van der Waals surface area contributed by atoms with Crippen LogP contribution >= 0.6 is 0 Å². The molecule has 0 amide bonds. The van der Waals surface area contributed by atoms with Crippen LogP contribution < -0.4 is 5.32 Å². The number of nitrogens with one attached hydrogen (secondary N) is 1. The van der Waals surface area contributed by atoms with Gasteiger partial charge in [0.2, 0.25) is 0 Å². The first kappa shape index (κ1) is 22.3. The van der Waals surface area contributed by atoms with Crippen LogP contribution in [0.1, 0.15) is 12.0 Å². The second-order valence-corrected chi connectivity index (χ2v) is 14.8. The molecule has 160 valence electrons. The van der Waals surface area contributed by atoms with E-state index < -0.39 is 8.07 Å². The zero-order chi connectivity index (χ0) is 21.8. The largest absolute Gasteiger partial charge is 0.361 e. The maximum Gasteiger partial charge on any atom is 0.137 e. The molecule has 0 saturated carbocycles. The Kier molecular flexibility index (Phi) is 6.81. The molecule has 7 heteroatoms. The van der Waals surface area contributed by atoms with Gasteiger partial charge in [-0.2, -0.15) is 5.26 Å². The van der Waals surface area contributed by atoms with Gasteiger partial charge in [-0.05, 0) is 23.8 Å². The number of hydrogen-bond donors (Lipinski definition) is 1. The van der Waals surface area contributed by atoms with E-state index in [2.05, 4.69) is 71.7 Å². The molecule has 2 aliphatic rings. The fourth-order valence-corrected chi connectivity index (χ4v) is 4.52. The van der Waals surface area contributed by atoms with E-state index in [1.807, 2.05) is 24.2 Å². The Morgan fingerprint density at radius 3 is 2.77 bits per heavy atom. The van der Waals surface area contributed by atoms with Gasteiger partial charge in [-0.1, -0.05) is 32.3 Å². The van der Waals surface area contributed by atoms with Crippen molar-refractivity contribution in [3.05, 3.63) is 54.5 Å². The number of rotatable bonds is 9. The third-order valence-electron chi connectivity index (χ3n) is 5.73. The molecule has 0 atom stereocenters. The van der Waals surface area contributed by atoms with Crippen molar-refractivity contribution < 1.29 is 4.74 Å². The zero-order valence-corrected chi connectivity index (χ0v) is 19.6. The molecular weight excluding hydrogens is 390 g/mol. The van der Waals surface area contributed by atoms with Crippen LogP contribution in [0.2, 0.25) is 25.7 Å². The number of amidine groups is 1. The van der Waals surface area contributed by atoms with E-state index in [1.165, 1.54) is 0 Å². The fraction of sp³-hybridized carbons (Fsp3) is 0.478. The minimum Gasteiger partial charge on any atom is -0.361 e. The highest BCUT2D eigenvalue weighted by Gasteiger charge is 2.38. The van der Waals surface area contributed by atoms with Crippen molar-refractivity contribution in [2.75, 3.05) is 33.5 Å². The highest BCUT2D eigenvalue weighted by molar-refractivity contribution is 6.76. The minimum atomic E-state index is -1.10. The van der Waals surface area contributed by atoms with Crippen molar-refractivity contribution >= 4 is 19.5 Å². The molecule has 0 aliphatic carbocycles. The van der Waals surface area contributed by atoms with Crippen molar-refractivity contribution in [2.24, 2.45) is 4.99 Å². The first-order chi connectivity index (χ1) is 14.3. The van der Waals surface area contributed by atoms with Crippen molar-refractivity contribution in [2.45, 2.75) is 37.6 Å². The number of hydrogen-bond acceptors (Lipinski definition) is 4. The zero-order valence-electron chi connectivity index (χ0n) is 18.6. The van der Waals surface area contributed by atoms with E-state index >= 15 is 0 Å². The molecule has 0 aromatic carbocycles. The average Bonchev–Trinajstić information content (AvgIpc) is 3.30. The fourth-order valence-electron chi connectivity index (χ4n) is 3.76. The predicted octanol–water partition coefficient (Wildman–Crippen LogP) is 3.81. The maximum absolute atomic E-state index is 9.24. The molecule has 2 aliphatic heterocycles. The highest BCUT2D eigenvalue weighted by Crippen LogP contribution is 2.31. The Balaban J connectivity index is 1.77. The molecule has 1 saturated heterocycles. The van der Waals surface area contributed by atoms with E-state index in [0.29, 0.717) is 13.2 Å². The summed E-state index contributed by atoms with van der Waals surface area (Å²) in [6.07, 6.45) is 10.7. The van der Waals surface area contributed by atoms with Gasteiger partial charge in [-0.15, -0.1) is 0 Å². The number of nitriles is 1. The summed E-state index contributed by atoms with van der Waals surface area (Å²) in [5.41, 5.74) is 3.01. The van der Waals surface area contributed by atoms with Crippen LogP contribution in [-0.4, -0.2) is 56.9 Å². The number of allylic oxidation sites excluding steroid dienone is 2. The molecule has 0 unspecified atom stereocenters. The lowest BCUT2D eigenvalue weighted by Crippen LogP contribution is -2.60. The summed E-state index contributed by atoms with van der Waals surface area (Å²) < 4.78 is 8.10. The first-order valence-electron chi connectivity index (χ1n) is 10.5. The van der Waals surface area contributed by atoms with Crippen molar-refractivity contribution in [1.82, 2.24) is 14.8 Å². The number of aliphatic imine (C=N–C) groups is 1. The van der Waals surface area contributed by atoms with Gasteiger partial charge in [-0.25, -0.2) is 0 Å². The second-order valence-electron chi connectivity index (χ2n) is 9.18. The summed E-state index contributed by atoms with van der Waals surface area (Å²) in [5, 5.41) is 12.5. The lowest BCUT2D eigenvalue weighted by Gasteiger charge is -2.42. The molecule has 0 radical (unpaired) electrons. The van der Waals surface area contributed by atoms with Gasteiger partial charge in [0.1, 0.15) is 12.6 Å². The van der Waals surface area contributed by atoms with Gasteiger partial charge in [-0.3, -0.25) is 4.99 Å². The van der Waals surface area contributed by atoms with E-state index in [4.69, 9.17) is 4.74 Å². The summed E-state index contributed by atoms with van der Waals surface area (Å²) in [5.74, 6) is 0.891. The topological polar surface area (TPSA) is 65.6 Å². The lowest BCUT2D eigenvalue weighted by atomic mass is 9.89. The number of aromatic nitrogens is 1. The van der Waals surface area contributed by atoms with E-state index in [9.17, 15) is 5.26 Å². The van der Waals surface area contributed by atoms with Crippen LogP contribution in [0, 0.1) is 11.3 Å². The van der Waals surface area contributed by atoms with Crippen molar-refractivity contribution in [3.63, 3.8) is 0 Å². The molecule has 1 aromatic rings. The molecular formula is C23H33N5OSi. The van der Waals surface area contributed by atoms with Crippen LogP contribution in [0.15, 0.2) is 54.0 Å². The summed E-state index contributed by atoms with van der Waals surface area (Å²) >= 11 is 0. The highest BCUT2D eigenvalue weighted by atomic mass is 28.3. The van der Waals surface area contributed by atoms with Crippen molar-refractivity contribution in [1.29, 1.82) is 5.26 Å². The van der Waals surface area contributed by atoms with E-state index in [1.54, 1.807) is 0 Å². The lowest BCUT2D eigenvalue weighted by molar-refractivity contribution is 0.0947. The molecule has 1 aromatic heterocycles. The maximum atomic E-state index is 9.24.